The van der Waals surface area contributed by atoms with Crippen LogP contribution in [0.15, 0.2) is 24.3 Å². The Hall–Kier alpha value is -2.35. The molecular formula is C18H25FN6O. The highest BCUT2D eigenvalue weighted by Gasteiger charge is 2.34. The highest BCUT2D eigenvalue weighted by molar-refractivity contribution is 5.76. The Balaban J connectivity index is 1.97. The molecule has 0 saturated carbocycles. The zero-order valence-electron chi connectivity index (χ0n) is 15.4. The van der Waals surface area contributed by atoms with Gasteiger partial charge in [-0.25, -0.2) is 9.07 Å². The number of primary amides is 1. The van der Waals surface area contributed by atoms with E-state index in [1.165, 1.54) is 12.1 Å². The molecule has 1 aromatic carbocycles. The van der Waals surface area contributed by atoms with Crippen LogP contribution in [0.2, 0.25) is 0 Å². The largest absolute Gasteiger partial charge is 0.369 e. The second-order valence-electron chi connectivity index (χ2n) is 7.79. The molecule has 1 amide bonds. The Morgan fingerprint density at radius 1 is 1.23 bits per heavy atom. The predicted molar refractivity (Wildman–Crippen MR) is 94.5 cm³/mol. The summed E-state index contributed by atoms with van der Waals surface area (Å²) in [6.45, 7) is 7.51. The van der Waals surface area contributed by atoms with E-state index in [2.05, 4.69) is 20.4 Å². The highest BCUT2D eigenvalue weighted by atomic mass is 19.1. The number of tetrazole rings is 1. The van der Waals surface area contributed by atoms with Crippen molar-refractivity contribution in [2.75, 3.05) is 13.1 Å². The number of nitrogens with two attached hydrogens (primary N) is 1. The predicted octanol–water partition coefficient (Wildman–Crippen LogP) is 1.85. The lowest BCUT2D eigenvalue weighted by Crippen LogP contribution is -2.42. The smallest absolute Gasteiger partial charge is 0.220 e. The van der Waals surface area contributed by atoms with Gasteiger partial charge in [0, 0.05) is 5.92 Å². The average molecular weight is 360 g/mol. The molecule has 1 aliphatic rings. The molecule has 7 nitrogen and oxygen atoms in total. The zero-order chi connectivity index (χ0) is 18.9. The third-order valence-corrected chi connectivity index (χ3v) is 4.86. The third-order valence-electron chi connectivity index (χ3n) is 4.86. The fourth-order valence-corrected chi connectivity index (χ4v) is 3.45. The lowest BCUT2D eigenvalue weighted by Gasteiger charge is -2.37. The van der Waals surface area contributed by atoms with E-state index in [0.717, 1.165) is 5.56 Å². The van der Waals surface area contributed by atoms with Gasteiger partial charge in [0.1, 0.15) is 5.82 Å². The van der Waals surface area contributed by atoms with Crippen molar-refractivity contribution < 1.29 is 9.18 Å². The Labute approximate surface area is 152 Å². The van der Waals surface area contributed by atoms with Crippen LogP contribution in [0.3, 0.4) is 0 Å². The third kappa shape index (κ3) is 3.75. The van der Waals surface area contributed by atoms with Crippen molar-refractivity contribution in [1.29, 1.82) is 0 Å². The van der Waals surface area contributed by atoms with Crippen LogP contribution in [0, 0.1) is 11.7 Å². The summed E-state index contributed by atoms with van der Waals surface area (Å²) in [7, 11) is 0. The Kier molecular flexibility index (Phi) is 5.04. The van der Waals surface area contributed by atoms with Crippen LogP contribution >= 0.6 is 0 Å². The molecule has 8 heteroatoms. The molecular weight excluding hydrogens is 335 g/mol. The first-order chi connectivity index (χ1) is 12.3. The first kappa shape index (κ1) is 18.4. The van der Waals surface area contributed by atoms with Crippen molar-refractivity contribution in [3.05, 3.63) is 41.5 Å². The maximum Gasteiger partial charge on any atom is 0.220 e. The number of carbonyl (C=O) groups is 1. The number of piperidine rings is 1. The Morgan fingerprint density at radius 2 is 1.85 bits per heavy atom. The van der Waals surface area contributed by atoms with Crippen LogP contribution in [-0.2, 0) is 10.3 Å². The molecule has 1 aliphatic heterocycles. The maximum atomic E-state index is 13.4. The van der Waals surface area contributed by atoms with Crippen LogP contribution in [0.5, 0.6) is 0 Å². The van der Waals surface area contributed by atoms with E-state index in [1.54, 1.807) is 16.8 Å². The molecule has 1 fully saturated rings. The van der Waals surface area contributed by atoms with E-state index in [-0.39, 0.29) is 29.2 Å². The summed E-state index contributed by atoms with van der Waals surface area (Å²) in [4.78, 5) is 13.7. The molecule has 3 rings (SSSR count). The van der Waals surface area contributed by atoms with E-state index in [1.807, 2.05) is 20.8 Å². The number of nitrogens with zero attached hydrogens (tertiary/aromatic N) is 5. The van der Waals surface area contributed by atoms with Gasteiger partial charge in [-0.1, -0.05) is 12.1 Å². The normalized spacial score (nSPS) is 18.0. The molecule has 0 unspecified atom stereocenters. The average Bonchev–Trinajstić information content (AvgIpc) is 3.07. The number of hydrogen-bond donors (Lipinski definition) is 1. The topological polar surface area (TPSA) is 89.9 Å². The number of hydrogen-bond acceptors (Lipinski definition) is 5. The number of amides is 1. The van der Waals surface area contributed by atoms with E-state index < -0.39 is 0 Å². The van der Waals surface area contributed by atoms with Gasteiger partial charge in [0.25, 0.3) is 0 Å². The minimum Gasteiger partial charge on any atom is -0.369 e. The maximum absolute atomic E-state index is 13.4. The number of rotatable bonds is 4. The molecule has 0 radical (unpaired) electrons. The van der Waals surface area contributed by atoms with Crippen molar-refractivity contribution in [1.82, 2.24) is 25.1 Å². The molecule has 0 aliphatic carbocycles. The lowest BCUT2D eigenvalue weighted by atomic mass is 9.93. The second kappa shape index (κ2) is 7.11. The van der Waals surface area contributed by atoms with E-state index in [4.69, 9.17) is 5.73 Å². The van der Waals surface area contributed by atoms with Gasteiger partial charge in [0.2, 0.25) is 5.91 Å². The number of likely N-dealkylation sites (tertiary alicyclic amines) is 1. The fourth-order valence-electron chi connectivity index (χ4n) is 3.45. The summed E-state index contributed by atoms with van der Waals surface area (Å²) in [5.74, 6) is 0.0817. The highest BCUT2D eigenvalue weighted by Crippen LogP contribution is 2.32. The van der Waals surface area contributed by atoms with Gasteiger partial charge in [-0.15, -0.1) is 5.10 Å². The van der Waals surface area contributed by atoms with E-state index >= 15 is 0 Å². The van der Waals surface area contributed by atoms with Crippen molar-refractivity contribution in [3.63, 3.8) is 0 Å². The van der Waals surface area contributed by atoms with Gasteiger partial charge in [-0.2, -0.15) is 0 Å². The molecule has 1 atom stereocenters. The summed E-state index contributed by atoms with van der Waals surface area (Å²) in [5.41, 5.74) is 6.09. The first-order valence-electron chi connectivity index (χ1n) is 8.85. The summed E-state index contributed by atoms with van der Waals surface area (Å²) >= 11 is 0. The van der Waals surface area contributed by atoms with E-state index in [9.17, 15) is 9.18 Å². The van der Waals surface area contributed by atoms with Crippen LogP contribution in [0.4, 0.5) is 4.39 Å². The minimum absolute atomic E-state index is 0.0984. The van der Waals surface area contributed by atoms with Crippen LogP contribution in [0.1, 0.15) is 51.0 Å². The Morgan fingerprint density at radius 3 is 2.38 bits per heavy atom. The lowest BCUT2D eigenvalue weighted by molar-refractivity contribution is -0.123. The van der Waals surface area contributed by atoms with Gasteiger partial charge < -0.3 is 5.73 Å². The van der Waals surface area contributed by atoms with Gasteiger partial charge in [-0.3, -0.25) is 9.69 Å². The second-order valence-corrected chi connectivity index (χ2v) is 7.79. The Bertz CT molecular complexity index is 759. The molecule has 2 N–H and O–H groups in total. The summed E-state index contributed by atoms with van der Waals surface area (Å²) < 4.78 is 15.2. The summed E-state index contributed by atoms with van der Waals surface area (Å²) in [6.07, 6.45) is 1.40. The van der Waals surface area contributed by atoms with Gasteiger partial charge >= 0.3 is 0 Å². The van der Waals surface area contributed by atoms with Gasteiger partial charge in [0.05, 0.1) is 11.6 Å². The number of aromatic nitrogens is 4. The van der Waals surface area contributed by atoms with E-state index in [0.29, 0.717) is 31.8 Å². The zero-order valence-corrected chi connectivity index (χ0v) is 15.4. The summed E-state index contributed by atoms with van der Waals surface area (Å²) in [5, 5.41) is 12.3. The summed E-state index contributed by atoms with van der Waals surface area (Å²) in [6, 6.07) is 6.22. The van der Waals surface area contributed by atoms with Gasteiger partial charge in [0.15, 0.2) is 5.82 Å². The standard InChI is InChI=1S/C18H25FN6O/c1-18(2,3)25-17(21-22-23-25)15(12-4-6-14(19)7-5-12)24-10-8-13(9-11-24)16(20)26/h4-7,13,15H,8-11H2,1-3H3,(H2,20,26)/t15-/m1/s1. The van der Waals surface area contributed by atoms with Gasteiger partial charge in [-0.05, 0) is 74.8 Å². The molecule has 2 aromatic rings. The molecule has 1 aromatic heterocycles. The van der Waals surface area contributed by atoms with Crippen LogP contribution in [0.25, 0.3) is 0 Å². The number of halogens is 1. The molecule has 2 heterocycles. The molecule has 1 saturated heterocycles. The van der Waals surface area contributed by atoms with Crippen LogP contribution < -0.4 is 5.73 Å². The fraction of sp³-hybridized carbons (Fsp3) is 0.556. The van der Waals surface area contributed by atoms with Crippen molar-refractivity contribution in [2.24, 2.45) is 11.7 Å². The quantitative estimate of drug-likeness (QED) is 0.899. The number of carbonyl (C=O) groups excluding carboxylic acids is 1. The molecule has 0 bridgehead atoms. The molecule has 26 heavy (non-hydrogen) atoms. The minimum atomic E-state index is -0.289. The van der Waals surface area contributed by atoms with Crippen molar-refractivity contribution >= 4 is 5.91 Å². The van der Waals surface area contributed by atoms with Crippen molar-refractivity contribution in [3.8, 4) is 0 Å². The van der Waals surface area contributed by atoms with Crippen LogP contribution in [-0.4, -0.2) is 44.1 Å². The van der Waals surface area contributed by atoms with Crippen molar-refractivity contribution in [2.45, 2.75) is 45.2 Å². The first-order valence-corrected chi connectivity index (χ1v) is 8.85. The molecule has 140 valence electrons. The SMILES string of the molecule is CC(C)(C)n1nnnc1[C@@H](c1ccc(F)cc1)N1CCC(C(N)=O)CC1. The monoisotopic (exact) mass is 360 g/mol. The number of benzene rings is 1. The molecule has 0 spiro atoms.